The van der Waals surface area contributed by atoms with E-state index in [1.807, 2.05) is 0 Å². The van der Waals surface area contributed by atoms with Crippen molar-refractivity contribution in [2.24, 2.45) is 0 Å². The lowest BCUT2D eigenvalue weighted by molar-refractivity contribution is -0.384. The van der Waals surface area contributed by atoms with Crippen LogP contribution in [0.15, 0.2) is 23.0 Å². The zero-order chi connectivity index (χ0) is 12.4. The van der Waals surface area contributed by atoms with Gasteiger partial charge in [-0.2, -0.15) is 4.68 Å². The molecule has 1 N–H and O–H groups in total. The number of H-pyrrole nitrogens is 1. The molecule has 9 nitrogen and oxygen atoms in total. The van der Waals surface area contributed by atoms with Crippen molar-refractivity contribution in [1.82, 2.24) is 20.2 Å². The van der Waals surface area contributed by atoms with E-state index in [-0.39, 0.29) is 17.1 Å². The molecule has 1 heterocycles. The normalized spacial score (nSPS) is 10.2. The molecular formula is C8H7N5O4. The van der Waals surface area contributed by atoms with Crippen LogP contribution >= 0.6 is 0 Å². The Morgan fingerprint density at radius 1 is 1.53 bits per heavy atom. The molecule has 17 heavy (non-hydrogen) atoms. The van der Waals surface area contributed by atoms with Gasteiger partial charge in [0.25, 0.3) is 5.69 Å². The molecule has 9 heteroatoms. The fraction of sp³-hybridized carbons (Fsp3) is 0.125. The van der Waals surface area contributed by atoms with Gasteiger partial charge in [0, 0.05) is 6.07 Å². The summed E-state index contributed by atoms with van der Waals surface area (Å²) >= 11 is 0. The molecule has 0 saturated carbocycles. The van der Waals surface area contributed by atoms with Crippen LogP contribution in [-0.2, 0) is 0 Å². The number of hydrogen-bond donors (Lipinski definition) is 1. The minimum absolute atomic E-state index is 0.137. The maximum Gasteiger partial charge on any atom is 0.365 e. The fourth-order valence-electron chi connectivity index (χ4n) is 1.31. The first-order valence-electron chi connectivity index (χ1n) is 4.46. The third-order valence-electron chi connectivity index (χ3n) is 2.07. The third-order valence-corrected chi connectivity index (χ3v) is 2.07. The topological polar surface area (TPSA) is 116 Å². The average molecular weight is 237 g/mol. The first kappa shape index (κ1) is 10.8. The first-order chi connectivity index (χ1) is 8.13. The molecule has 1 aromatic heterocycles. The highest BCUT2D eigenvalue weighted by molar-refractivity contribution is 5.52. The van der Waals surface area contributed by atoms with Gasteiger partial charge in [-0.25, -0.2) is 9.89 Å². The number of hydrogen-bond acceptors (Lipinski definition) is 6. The van der Waals surface area contributed by atoms with Crippen LogP contribution in [-0.4, -0.2) is 32.2 Å². The van der Waals surface area contributed by atoms with Crippen molar-refractivity contribution in [1.29, 1.82) is 0 Å². The summed E-state index contributed by atoms with van der Waals surface area (Å²) in [5, 5.41) is 19.5. The van der Waals surface area contributed by atoms with E-state index in [0.717, 1.165) is 4.68 Å². The van der Waals surface area contributed by atoms with Crippen LogP contribution in [0.3, 0.4) is 0 Å². The van der Waals surface area contributed by atoms with Crippen molar-refractivity contribution in [2.75, 3.05) is 7.11 Å². The smallest absolute Gasteiger partial charge is 0.365 e. The zero-order valence-electron chi connectivity index (χ0n) is 8.65. The predicted octanol–water partition coefficient (Wildman–Crippen LogP) is -0.128. The molecule has 2 aromatic rings. The summed E-state index contributed by atoms with van der Waals surface area (Å²) in [5.41, 5.74) is -0.420. The molecule has 1 aromatic carbocycles. The molecule has 0 spiro atoms. The zero-order valence-corrected chi connectivity index (χ0v) is 8.65. The van der Waals surface area contributed by atoms with Crippen molar-refractivity contribution >= 4 is 5.69 Å². The molecular weight excluding hydrogens is 230 g/mol. The monoisotopic (exact) mass is 237 g/mol. The maximum absolute atomic E-state index is 11.3. The molecule has 0 aliphatic heterocycles. The number of nitrogens with zero attached hydrogens (tertiary/aromatic N) is 4. The van der Waals surface area contributed by atoms with E-state index in [9.17, 15) is 14.9 Å². The Kier molecular flexibility index (Phi) is 2.57. The van der Waals surface area contributed by atoms with Gasteiger partial charge in [-0.1, -0.05) is 0 Å². The van der Waals surface area contributed by atoms with E-state index in [4.69, 9.17) is 4.74 Å². The van der Waals surface area contributed by atoms with Gasteiger partial charge in [0.05, 0.1) is 18.1 Å². The summed E-state index contributed by atoms with van der Waals surface area (Å²) in [6.45, 7) is 0. The predicted molar refractivity (Wildman–Crippen MR) is 55.2 cm³/mol. The Morgan fingerprint density at radius 3 is 2.82 bits per heavy atom. The van der Waals surface area contributed by atoms with Crippen molar-refractivity contribution in [3.8, 4) is 11.4 Å². The molecule has 2 rings (SSSR count). The Labute approximate surface area is 93.8 Å². The number of aromatic amines is 1. The van der Waals surface area contributed by atoms with Gasteiger partial charge in [-0.3, -0.25) is 10.1 Å². The minimum atomic E-state index is -0.558. The largest absolute Gasteiger partial charge is 0.494 e. The number of ether oxygens (including phenoxy) is 1. The van der Waals surface area contributed by atoms with Gasteiger partial charge in [0.15, 0.2) is 5.75 Å². The number of tetrazole rings is 1. The summed E-state index contributed by atoms with van der Waals surface area (Å²) in [5.74, 6) is 0.162. The van der Waals surface area contributed by atoms with Crippen molar-refractivity contribution in [3.63, 3.8) is 0 Å². The standard InChI is InChI=1S/C8H7N5O4/c1-17-7-4-5(13(15)16)2-3-6(7)12-8(14)9-10-11-12/h2-4H,1H3,(H,9,11,14). The van der Waals surface area contributed by atoms with Gasteiger partial charge in [-0.15, -0.1) is 0 Å². The lowest BCUT2D eigenvalue weighted by Crippen LogP contribution is -2.16. The molecule has 0 aliphatic rings. The number of benzene rings is 1. The van der Waals surface area contributed by atoms with Crippen LogP contribution < -0.4 is 10.4 Å². The van der Waals surface area contributed by atoms with E-state index in [1.54, 1.807) is 0 Å². The van der Waals surface area contributed by atoms with Gasteiger partial charge < -0.3 is 4.74 Å². The molecule has 0 amide bonds. The van der Waals surface area contributed by atoms with E-state index >= 15 is 0 Å². The molecule has 0 bridgehead atoms. The third kappa shape index (κ3) is 1.85. The van der Waals surface area contributed by atoms with E-state index in [0.29, 0.717) is 0 Å². The molecule has 0 saturated heterocycles. The van der Waals surface area contributed by atoms with Crippen LogP contribution in [0.25, 0.3) is 5.69 Å². The fourth-order valence-corrected chi connectivity index (χ4v) is 1.31. The second-order valence-electron chi connectivity index (χ2n) is 3.03. The van der Waals surface area contributed by atoms with Crippen LogP contribution in [0.2, 0.25) is 0 Å². The number of nitro benzene ring substituents is 1. The van der Waals surface area contributed by atoms with E-state index in [2.05, 4.69) is 15.5 Å². The molecule has 0 radical (unpaired) electrons. The van der Waals surface area contributed by atoms with Crippen LogP contribution in [0.4, 0.5) is 5.69 Å². The summed E-state index contributed by atoms with van der Waals surface area (Å²) in [7, 11) is 1.34. The summed E-state index contributed by atoms with van der Waals surface area (Å²) in [4.78, 5) is 21.3. The SMILES string of the molecule is COc1cc([N+](=O)[O-])ccc1-n1nn[nH]c1=O. The number of methoxy groups -OCH3 is 1. The molecule has 88 valence electrons. The molecule has 0 atom stereocenters. The molecule has 0 unspecified atom stereocenters. The number of nitrogens with one attached hydrogen (secondary N) is 1. The first-order valence-corrected chi connectivity index (χ1v) is 4.46. The van der Waals surface area contributed by atoms with E-state index < -0.39 is 10.6 Å². The Bertz CT molecular complexity index is 616. The number of aromatic nitrogens is 4. The summed E-state index contributed by atoms with van der Waals surface area (Å²) in [6, 6.07) is 3.82. The quantitative estimate of drug-likeness (QED) is 0.587. The lowest BCUT2D eigenvalue weighted by atomic mass is 10.2. The van der Waals surface area contributed by atoms with Crippen molar-refractivity contribution < 1.29 is 9.66 Å². The van der Waals surface area contributed by atoms with Crippen LogP contribution in [0.5, 0.6) is 5.75 Å². The molecule has 0 aliphatic carbocycles. The van der Waals surface area contributed by atoms with E-state index in [1.165, 1.54) is 25.3 Å². The number of nitro groups is 1. The van der Waals surface area contributed by atoms with Crippen molar-refractivity contribution in [3.05, 3.63) is 38.8 Å². The lowest BCUT2D eigenvalue weighted by Gasteiger charge is -2.05. The average Bonchev–Trinajstić information content (AvgIpc) is 2.74. The minimum Gasteiger partial charge on any atom is -0.494 e. The Morgan fingerprint density at radius 2 is 2.29 bits per heavy atom. The Hall–Kier alpha value is -2.71. The highest BCUT2D eigenvalue weighted by Crippen LogP contribution is 2.26. The maximum atomic E-state index is 11.3. The summed E-state index contributed by atoms with van der Waals surface area (Å²) < 4.78 is 5.92. The number of rotatable bonds is 3. The van der Waals surface area contributed by atoms with Gasteiger partial charge in [-0.05, 0) is 16.5 Å². The van der Waals surface area contributed by atoms with Crippen molar-refractivity contribution in [2.45, 2.75) is 0 Å². The number of non-ortho nitro benzene ring substituents is 1. The van der Waals surface area contributed by atoms with Gasteiger partial charge >= 0.3 is 5.69 Å². The van der Waals surface area contributed by atoms with Gasteiger partial charge in [0.2, 0.25) is 0 Å². The second-order valence-corrected chi connectivity index (χ2v) is 3.03. The van der Waals surface area contributed by atoms with Crippen LogP contribution in [0.1, 0.15) is 0 Å². The van der Waals surface area contributed by atoms with Crippen LogP contribution in [0, 0.1) is 10.1 Å². The second kappa shape index (κ2) is 4.04. The molecule has 0 fully saturated rings. The highest BCUT2D eigenvalue weighted by Gasteiger charge is 2.14. The Balaban J connectivity index is 2.60. The summed E-state index contributed by atoms with van der Waals surface area (Å²) in [6.07, 6.45) is 0. The van der Waals surface area contributed by atoms with Gasteiger partial charge in [0.1, 0.15) is 5.69 Å². The highest BCUT2D eigenvalue weighted by atomic mass is 16.6.